The van der Waals surface area contributed by atoms with Crippen molar-refractivity contribution in [2.45, 2.75) is 25.8 Å². The van der Waals surface area contributed by atoms with E-state index in [-0.39, 0.29) is 0 Å². The lowest BCUT2D eigenvalue weighted by Crippen LogP contribution is -2.35. The molecule has 2 aromatic rings. The molecule has 1 aliphatic heterocycles. The highest BCUT2D eigenvalue weighted by Gasteiger charge is 2.26. The summed E-state index contributed by atoms with van der Waals surface area (Å²) >= 11 is 0. The molecule has 7 nitrogen and oxygen atoms in total. The van der Waals surface area contributed by atoms with Crippen molar-refractivity contribution in [3.05, 3.63) is 30.5 Å². The summed E-state index contributed by atoms with van der Waals surface area (Å²) in [7, 11) is 1.87. The van der Waals surface area contributed by atoms with Gasteiger partial charge in [-0.15, -0.1) is 0 Å². The Balaban J connectivity index is 1.69. The summed E-state index contributed by atoms with van der Waals surface area (Å²) in [5, 5.41) is 6.47. The Labute approximate surface area is 130 Å². The molecule has 1 unspecified atom stereocenters. The lowest BCUT2D eigenvalue weighted by atomic mass is 10.2. The number of anilines is 3. The lowest BCUT2D eigenvalue weighted by Gasteiger charge is -2.26. The van der Waals surface area contributed by atoms with Crippen LogP contribution in [0.15, 0.2) is 24.8 Å². The molecule has 0 aliphatic carbocycles. The maximum atomic E-state index is 4.41. The fraction of sp³-hybridized carbons (Fsp3) is 0.467. The Kier molecular flexibility index (Phi) is 4.32. The van der Waals surface area contributed by atoms with E-state index in [1.54, 1.807) is 18.7 Å². The summed E-state index contributed by atoms with van der Waals surface area (Å²) in [5.74, 6) is 2.67. The molecule has 0 saturated carbocycles. The zero-order chi connectivity index (χ0) is 15.4. The normalized spacial score (nSPS) is 17.5. The van der Waals surface area contributed by atoms with Crippen LogP contribution in [0.5, 0.6) is 0 Å². The van der Waals surface area contributed by atoms with Crippen molar-refractivity contribution in [2.24, 2.45) is 0 Å². The number of rotatable bonds is 5. The van der Waals surface area contributed by atoms with Gasteiger partial charge in [-0.05, 0) is 19.8 Å². The minimum absolute atomic E-state index is 0.404. The van der Waals surface area contributed by atoms with Crippen LogP contribution in [0.1, 0.15) is 18.5 Å². The quantitative estimate of drug-likeness (QED) is 0.870. The van der Waals surface area contributed by atoms with Crippen molar-refractivity contribution < 1.29 is 0 Å². The molecule has 2 aromatic heterocycles. The monoisotopic (exact) mass is 299 g/mol. The summed E-state index contributed by atoms with van der Waals surface area (Å²) < 4.78 is 0. The van der Waals surface area contributed by atoms with Gasteiger partial charge in [-0.2, -0.15) is 0 Å². The summed E-state index contributed by atoms with van der Waals surface area (Å²) in [4.78, 5) is 19.5. The van der Waals surface area contributed by atoms with Crippen molar-refractivity contribution in [2.75, 3.05) is 35.7 Å². The first kappa shape index (κ1) is 14.5. The molecular weight excluding hydrogens is 278 g/mol. The molecule has 7 heteroatoms. The van der Waals surface area contributed by atoms with E-state index < -0.39 is 0 Å². The fourth-order valence-electron chi connectivity index (χ4n) is 2.79. The number of aromatic nitrogens is 4. The van der Waals surface area contributed by atoms with Gasteiger partial charge in [0.1, 0.15) is 23.8 Å². The Hall–Kier alpha value is -2.44. The molecule has 0 spiro atoms. The number of hydrogen-bond acceptors (Lipinski definition) is 7. The van der Waals surface area contributed by atoms with E-state index in [4.69, 9.17) is 0 Å². The van der Waals surface area contributed by atoms with Crippen LogP contribution in [-0.2, 0) is 0 Å². The molecule has 1 atom stereocenters. The van der Waals surface area contributed by atoms with E-state index >= 15 is 0 Å². The van der Waals surface area contributed by atoms with E-state index in [0.29, 0.717) is 6.04 Å². The Morgan fingerprint density at radius 3 is 2.91 bits per heavy atom. The minimum Gasteiger partial charge on any atom is -0.373 e. The van der Waals surface area contributed by atoms with Crippen LogP contribution in [0.2, 0.25) is 0 Å². The van der Waals surface area contributed by atoms with Crippen molar-refractivity contribution in [1.29, 1.82) is 0 Å². The van der Waals surface area contributed by atoms with Crippen molar-refractivity contribution in [1.82, 2.24) is 19.9 Å². The molecule has 3 heterocycles. The van der Waals surface area contributed by atoms with E-state index in [2.05, 4.69) is 35.5 Å². The maximum Gasteiger partial charge on any atom is 0.147 e. The second kappa shape index (κ2) is 6.55. The van der Waals surface area contributed by atoms with Crippen LogP contribution in [0.4, 0.5) is 17.5 Å². The summed E-state index contributed by atoms with van der Waals surface area (Å²) in [6, 6.07) is 2.40. The zero-order valence-electron chi connectivity index (χ0n) is 13.0. The second-order valence-corrected chi connectivity index (χ2v) is 5.37. The topological polar surface area (TPSA) is 78.9 Å². The van der Waals surface area contributed by atoms with Gasteiger partial charge in [-0.1, -0.05) is 0 Å². The molecule has 1 saturated heterocycles. The highest BCUT2D eigenvalue weighted by atomic mass is 15.3. The molecule has 0 radical (unpaired) electrons. The van der Waals surface area contributed by atoms with Gasteiger partial charge in [0.05, 0.1) is 5.69 Å². The third kappa shape index (κ3) is 3.08. The van der Waals surface area contributed by atoms with Gasteiger partial charge in [-0.3, -0.25) is 4.98 Å². The highest BCUT2D eigenvalue weighted by molar-refractivity contribution is 5.50. The highest BCUT2D eigenvalue weighted by Crippen LogP contribution is 2.25. The summed E-state index contributed by atoms with van der Waals surface area (Å²) in [6.45, 7) is 3.82. The molecule has 2 N–H and O–H groups in total. The second-order valence-electron chi connectivity index (χ2n) is 5.37. The Morgan fingerprint density at radius 1 is 1.23 bits per heavy atom. The van der Waals surface area contributed by atoms with E-state index in [0.717, 1.165) is 42.7 Å². The van der Waals surface area contributed by atoms with Gasteiger partial charge in [0, 0.05) is 44.6 Å². The standard InChI is InChI=1S/C15H21N7/c1-11-15(18-6-5-17-11)19-9-12-4-3-7-22(12)14-8-13(16-2)20-10-21-14/h5-6,8,10,12H,3-4,7,9H2,1-2H3,(H,18,19)(H,16,20,21). The third-order valence-electron chi connectivity index (χ3n) is 3.97. The van der Waals surface area contributed by atoms with Gasteiger partial charge >= 0.3 is 0 Å². The number of aryl methyl sites for hydroxylation is 1. The molecule has 1 aliphatic rings. The van der Waals surface area contributed by atoms with Crippen molar-refractivity contribution >= 4 is 17.5 Å². The molecule has 116 valence electrons. The average Bonchev–Trinajstić information content (AvgIpc) is 3.03. The third-order valence-corrected chi connectivity index (χ3v) is 3.97. The summed E-state index contributed by atoms with van der Waals surface area (Å²) in [5.41, 5.74) is 0.923. The number of nitrogens with zero attached hydrogens (tertiary/aromatic N) is 5. The van der Waals surface area contributed by atoms with E-state index in [1.165, 1.54) is 6.42 Å². The van der Waals surface area contributed by atoms with Gasteiger partial charge in [0.25, 0.3) is 0 Å². The lowest BCUT2D eigenvalue weighted by molar-refractivity contribution is 0.688. The number of nitrogens with one attached hydrogen (secondary N) is 2. The van der Waals surface area contributed by atoms with E-state index in [1.807, 2.05) is 20.0 Å². The molecule has 0 aromatic carbocycles. The van der Waals surface area contributed by atoms with Gasteiger partial charge < -0.3 is 15.5 Å². The van der Waals surface area contributed by atoms with Crippen LogP contribution in [0, 0.1) is 6.92 Å². The first-order valence-electron chi connectivity index (χ1n) is 7.56. The van der Waals surface area contributed by atoms with Crippen molar-refractivity contribution in [3.8, 4) is 0 Å². The van der Waals surface area contributed by atoms with Crippen LogP contribution >= 0.6 is 0 Å². The van der Waals surface area contributed by atoms with Crippen LogP contribution in [0.3, 0.4) is 0 Å². The molecule has 0 bridgehead atoms. The molecule has 22 heavy (non-hydrogen) atoms. The van der Waals surface area contributed by atoms with Gasteiger partial charge in [0.15, 0.2) is 0 Å². The van der Waals surface area contributed by atoms with Gasteiger partial charge in [-0.25, -0.2) is 15.0 Å². The smallest absolute Gasteiger partial charge is 0.147 e. The molecular formula is C15H21N7. The number of hydrogen-bond donors (Lipinski definition) is 2. The first-order chi connectivity index (χ1) is 10.8. The molecule has 3 rings (SSSR count). The zero-order valence-corrected chi connectivity index (χ0v) is 13.0. The largest absolute Gasteiger partial charge is 0.373 e. The predicted octanol–water partition coefficient (Wildman–Crippen LogP) is 1.70. The molecule has 1 fully saturated rings. The fourth-order valence-corrected chi connectivity index (χ4v) is 2.79. The van der Waals surface area contributed by atoms with Crippen molar-refractivity contribution in [3.63, 3.8) is 0 Å². The SMILES string of the molecule is CNc1cc(N2CCCC2CNc2nccnc2C)ncn1. The van der Waals surface area contributed by atoms with Crippen LogP contribution in [-0.4, -0.2) is 46.1 Å². The molecule has 0 amide bonds. The Morgan fingerprint density at radius 2 is 2.09 bits per heavy atom. The first-order valence-corrected chi connectivity index (χ1v) is 7.56. The predicted molar refractivity (Wildman–Crippen MR) is 87.2 cm³/mol. The summed E-state index contributed by atoms with van der Waals surface area (Å²) in [6.07, 6.45) is 7.35. The maximum absolute atomic E-state index is 4.41. The van der Waals surface area contributed by atoms with Crippen LogP contribution in [0.25, 0.3) is 0 Å². The van der Waals surface area contributed by atoms with Gasteiger partial charge in [0.2, 0.25) is 0 Å². The Bertz CT molecular complexity index is 631. The average molecular weight is 299 g/mol. The van der Waals surface area contributed by atoms with E-state index in [9.17, 15) is 0 Å². The minimum atomic E-state index is 0.404. The van der Waals surface area contributed by atoms with Crippen LogP contribution < -0.4 is 15.5 Å².